The Hall–Kier alpha value is -3.04. The van der Waals surface area contributed by atoms with Crippen LogP contribution in [0.1, 0.15) is 5.56 Å². The zero-order valence-corrected chi connectivity index (χ0v) is 17.2. The van der Waals surface area contributed by atoms with Gasteiger partial charge in [0.15, 0.2) is 11.0 Å². The van der Waals surface area contributed by atoms with Gasteiger partial charge in [-0.2, -0.15) is 20.1 Å². The summed E-state index contributed by atoms with van der Waals surface area (Å²) < 4.78 is 31.8. The van der Waals surface area contributed by atoms with Crippen LogP contribution in [-0.2, 0) is 10.8 Å². The molecule has 0 spiro atoms. The molecule has 0 atom stereocenters. The number of carbonyl (C=O) groups is 1. The van der Waals surface area contributed by atoms with Crippen LogP contribution in [0.15, 0.2) is 82.6 Å². The number of amides is 1. The number of thiophene rings is 1. The van der Waals surface area contributed by atoms with E-state index in [1.165, 1.54) is 23.5 Å². The number of nitrogens with zero attached hydrogens (tertiary/aromatic N) is 3. The van der Waals surface area contributed by atoms with Gasteiger partial charge >= 0.3 is 6.05 Å². The molecule has 0 fully saturated rings. The summed E-state index contributed by atoms with van der Waals surface area (Å²) in [4.78, 5) is 12.3. The van der Waals surface area contributed by atoms with E-state index in [0.29, 0.717) is 11.3 Å². The van der Waals surface area contributed by atoms with E-state index in [9.17, 15) is 4.79 Å². The van der Waals surface area contributed by atoms with Crippen molar-refractivity contribution < 1.29 is 13.6 Å². The molecule has 4 rings (SSSR count). The lowest BCUT2D eigenvalue weighted by Crippen LogP contribution is -2.26. The Bertz CT molecular complexity index is 1120. The molecule has 0 aliphatic rings. The minimum atomic E-state index is -3.39. The van der Waals surface area contributed by atoms with Crippen LogP contribution in [0.4, 0.5) is 14.5 Å². The first kappa shape index (κ1) is 20.2. The molecule has 4 aromatic rings. The van der Waals surface area contributed by atoms with E-state index >= 15 is 8.78 Å². The van der Waals surface area contributed by atoms with Crippen LogP contribution < -0.4 is 5.32 Å². The number of benzene rings is 2. The number of alkyl halides is 2. The molecule has 0 saturated heterocycles. The van der Waals surface area contributed by atoms with E-state index < -0.39 is 6.05 Å². The lowest BCUT2D eigenvalue weighted by atomic mass is 10.2. The number of aromatic nitrogens is 3. The quantitative estimate of drug-likeness (QED) is 0.393. The number of anilines is 1. The Morgan fingerprint density at radius 2 is 1.73 bits per heavy atom. The molecule has 0 saturated carbocycles. The highest BCUT2D eigenvalue weighted by atomic mass is 32.2. The van der Waals surface area contributed by atoms with Gasteiger partial charge in [0.25, 0.3) is 0 Å². The predicted molar refractivity (Wildman–Crippen MR) is 115 cm³/mol. The van der Waals surface area contributed by atoms with Crippen LogP contribution >= 0.6 is 23.1 Å². The molecule has 1 amide bonds. The zero-order valence-electron chi connectivity index (χ0n) is 15.5. The van der Waals surface area contributed by atoms with Crippen molar-refractivity contribution in [2.24, 2.45) is 0 Å². The van der Waals surface area contributed by atoms with Crippen molar-refractivity contribution in [2.45, 2.75) is 11.2 Å². The van der Waals surface area contributed by atoms with Crippen LogP contribution in [0, 0.1) is 0 Å². The Kier molecular flexibility index (Phi) is 5.91. The van der Waals surface area contributed by atoms with Crippen molar-refractivity contribution in [3.63, 3.8) is 0 Å². The van der Waals surface area contributed by atoms with Gasteiger partial charge in [-0.1, -0.05) is 60.3 Å². The molecule has 30 heavy (non-hydrogen) atoms. The average molecular weight is 443 g/mol. The summed E-state index contributed by atoms with van der Waals surface area (Å²) in [6.07, 6.45) is 0. The third-order valence-corrected chi connectivity index (χ3v) is 5.82. The third-order valence-electron chi connectivity index (χ3n) is 4.20. The molecular formula is C21H16F2N4OS2. The van der Waals surface area contributed by atoms with Crippen LogP contribution in [0.25, 0.3) is 11.4 Å². The monoisotopic (exact) mass is 442 g/mol. The van der Waals surface area contributed by atoms with Gasteiger partial charge in [-0.25, -0.2) is 4.57 Å². The molecule has 9 heteroatoms. The SMILES string of the molecule is O=C(CSc1nnc(-c2ccsc2)n1C(F)(F)c1ccccc1)Nc1ccccc1. The first-order valence-electron chi connectivity index (χ1n) is 8.95. The van der Waals surface area contributed by atoms with Crippen LogP contribution in [0.3, 0.4) is 0 Å². The van der Waals surface area contributed by atoms with Crippen molar-refractivity contribution in [2.75, 3.05) is 11.1 Å². The maximum atomic E-state index is 15.5. The van der Waals surface area contributed by atoms with Crippen molar-refractivity contribution in [1.82, 2.24) is 14.8 Å². The minimum Gasteiger partial charge on any atom is -0.325 e. The summed E-state index contributed by atoms with van der Waals surface area (Å²) in [5, 5.41) is 14.2. The lowest BCUT2D eigenvalue weighted by molar-refractivity contribution is -0.113. The summed E-state index contributed by atoms with van der Waals surface area (Å²) >= 11 is 2.30. The van der Waals surface area contributed by atoms with Crippen molar-refractivity contribution >= 4 is 34.7 Å². The topological polar surface area (TPSA) is 59.8 Å². The fourth-order valence-corrected chi connectivity index (χ4v) is 4.21. The number of nitrogens with one attached hydrogen (secondary N) is 1. The Morgan fingerprint density at radius 3 is 2.40 bits per heavy atom. The summed E-state index contributed by atoms with van der Waals surface area (Å²) in [5.41, 5.74) is 0.999. The maximum absolute atomic E-state index is 15.5. The number of hydrogen-bond acceptors (Lipinski definition) is 5. The van der Waals surface area contributed by atoms with Gasteiger partial charge in [0.1, 0.15) is 0 Å². The van der Waals surface area contributed by atoms with Gasteiger partial charge in [-0.3, -0.25) is 4.79 Å². The van der Waals surface area contributed by atoms with Crippen LogP contribution in [0.2, 0.25) is 0 Å². The summed E-state index contributed by atoms with van der Waals surface area (Å²) in [5.74, 6) is -0.349. The second kappa shape index (κ2) is 8.76. The van der Waals surface area contributed by atoms with E-state index in [2.05, 4.69) is 15.5 Å². The molecule has 0 radical (unpaired) electrons. The first-order chi connectivity index (χ1) is 14.6. The molecule has 2 heterocycles. The molecule has 0 aliphatic heterocycles. The van der Waals surface area contributed by atoms with E-state index in [-0.39, 0.29) is 28.2 Å². The molecule has 1 N–H and O–H groups in total. The summed E-state index contributed by atoms with van der Waals surface area (Å²) in [6, 6.07) is 14.8. The Balaban J connectivity index is 1.63. The highest BCUT2D eigenvalue weighted by molar-refractivity contribution is 7.99. The second-order valence-corrected chi connectivity index (χ2v) is 7.99. The highest BCUT2D eigenvalue weighted by Crippen LogP contribution is 2.38. The lowest BCUT2D eigenvalue weighted by Gasteiger charge is -2.21. The van der Waals surface area contributed by atoms with Gasteiger partial charge in [0, 0.05) is 22.2 Å². The molecule has 0 unspecified atom stereocenters. The predicted octanol–water partition coefficient (Wildman–Crippen LogP) is 5.34. The zero-order chi connectivity index (χ0) is 21.0. The summed E-state index contributed by atoms with van der Waals surface area (Å²) in [6.45, 7) is 0. The normalized spacial score (nSPS) is 11.4. The fourth-order valence-electron chi connectivity index (χ4n) is 2.81. The number of halogens is 2. The molecule has 2 aromatic heterocycles. The van der Waals surface area contributed by atoms with Crippen LogP contribution in [0.5, 0.6) is 0 Å². The second-order valence-electron chi connectivity index (χ2n) is 6.26. The van der Waals surface area contributed by atoms with E-state index in [1.807, 2.05) is 6.07 Å². The largest absolute Gasteiger partial charge is 0.359 e. The van der Waals surface area contributed by atoms with Crippen molar-refractivity contribution in [1.29, 1.82) is 0 Å². The van der Waals surface area contributed by atoms with E-state index in [4.69, 9.17) is 0 Å². The van der Waals surface area contributed by atoms with Gasteiger partial charge < -0.3 is 5.32 Å². The fraction of sp³-hybridized carbons (Fsp3) is 0.0952. The Labute approximate surface area is 179 Å². The van der Waals surface area contributed by atoms with Gasteiger partial charge in [0.05, 0.1) is 5.75 Å². The Morgan fingerprint density at radius 1 is 1.03 bits per heavy atom. The van der Waals surface area contributed by atoms with E-state index in [1.54, 1.807) is 59.3 Å². The van der Waals surface area contributed by atoms with Crippen molar-refractivity contribution in [3.05, 3.63) is 83.1 Å². The standard InChI is InChI=1S/C21H16F2N4OS2/c22-21(23,16-7-3-1-4-8-16)27-19(15-11-12-29-13-15)25-26-20(27)30-14-18(28)24-17-9-5-2-6-10-17/h1-13H,14H2,(H,24,28). The first-order valence-corrected chi connectivity index (χ1v) is 10.9. The van der Waals surface area contributed by atoms with Crippen LogP contribution in [-0.4, -0.2) is 26.4 Å². The highest BCUT2D eigenvalue weighted by Gasteiger charge is 2.39. The number of hydrogen-bond donors (Lipinski definition) is 1. The average Bonchev–Trinajstić information content (AvgIpc) is 3.43. The maximum Gasteiger partial charge on any atom is 0.359 e. The smallest absolute Gasteiger partial charge is 0.325 e. The molecule has 5 nitrogen and oxygen atoms in total. The molecule has 0 aliphatic carbocycles. The van der Waals surface area contributed by atoms with Gasteiger partial charge in [0.2, 0.25) is 5.91 Å². The molecule has 2 aromatic carbocycles. The number of para-hydroxylation sites is 1. The molecule has 0 bridgehead atoms. The number of thioether (sulfide) groups is 1. The number of rotatable bonds is 7. The third kappa shape index (κ3) is 4.27. The van der Waals surface area contributed by atoms with E-state index in [0.717, 1.165) is 16.3 Å². The van der Waals surface area contributed by atoms with Crippen molar-refractivity contribution in [3.8, 4) is 11.4 Å². The number of carbonyl (C=O) groups excluding carboxylic acids is 1. The molecular weight excluding hydrogens is 426 g/mol. The molecule has 152 valence electrons. The van der Waals surface area contributed by atoms with Gasteiger partial charge in [-0.15, -0.1) is 10.2 Å². The minimum absolute atomic E-state index is 0.0340. The van der Waals surface area contributed by atoms with Gasteiger partial charge in [-0.05, 0) is 23.6 Å². The summed E-state index contributed by atoms with van der Waals surface area (Å²) in [7, 11) is 0.